The molecule has 0 atom stereocenters. The average Bonchev–Trinajstić information content (AvgIpc) is 2.74. The van der Waals surface area contributed by atoms with Crippen molar-refractivity contribution in [2.75, 3.05) is 17.6 Å². The smallest absolute Gasteiger partial charge is 0.303 e. The summed E-state index contributed by atoms with van der Waals surface area (Å²) >= 11 is 0. The van der Waals surface area contributed by atoms with Gasteiger partial charge in [-0.2, -0.15) is 0 Å². The molecule has 0 unspecified atom stereocenters. The minimum atomic E-state index is -0.660. The van der Waals surface area contributed by atoms with E-state index in [0.717, 1.165) is 37.9 Å². The monoisotopic (exact) mass is 432 g/mol. The Morgan fingerprint density at radius 1 is 0.806 bits per heavy atom. The quantitative estimate of drug-likeness (QED) is 0.136. The third-order valence-electron chi connectivity index (χ3n) is 6.03. The van der Waals surface area contributed by atoms with Crippen LogP contribution < -0.4 is 11.1 Å². The van der Waals surface area contributed by atoms with Gasteiger partial charge in [0.25, 0.3) is 0 Å². The Morgan fingerprint density at radius 3 is 1.77 bits per heavy atom. The number of rotatable bonds is 21. The van der Waals surface area contributed by atoms with Crippen molar-refractivity contribution >= 4 is 17.3 Å². The number of aliphatic carboxylic acids is 1. The van der Waals surface area contributed by atoms with E-state index in [1.54, 1.807) is 0 Å². The average molecular weight is 433 g/mol. The van der Waals surface area contributed by atoms with Gasteiger partial charge in [0.2, 0.25) is 0 Å². The van der Waals surface area contributed by atoms with Crippen molar-refractivity contribution < 1.29 is 9.90 Å². The molecule has 0 radical (unpaired) electrons. The highest BCUT2D eigenvalue weighted by Crippen LogP contribution is 2.21. The number of nitrogens with one attached hydrogen (secondary N) is 1. The Hall–Kier alpha value is -1.71. The zero-order chi connectivity index (χ0) is 22.6. The van der Waals surface area contributed by atoms with Gasteiger partial charge in [-0.1, -0.05) is 96.8 Å². The maximum atomic E-state index is 10.4. The number of hydrogen-bond donors (Lipinski definition) is 3. The lowest BCUT2D eigenvalue weighted by atomic mass is 10.0. The first-order valence-corrected chi connectivity index (χ1v) is 13.0. The third kappa shape index (κ3) is 15.7. The van der Waals surface area contributed by atoms with E-state index in [1.165, 1.54) is 94.7 Å². The minimum absolute atomic E-state index is 0.334. The zero-order valence-electron chi connectivity index (χ0n) is 20.1. The molecule has 4 N–H and O–H groups in total. The highest BCUT2D eigenvalue weighted by molar-refractivity contribution is 5.66. The lowest BCUT2D eigenvalue weighted by Gasteiger charge is -2.12. The lowest BCUT2D eigenvalue weighted by molar-refractivity contribution is -0.137. The van der Waals surface area contributed by atoms with Crippen LogP contribution in [0.15, 0.2) is 18.2 Å². The molecular formula is C27H48N2O2. The highest BCUT2D eigenvalue weighted by atomic mass is 16.4. The molecule has 1 rings (SSSR count). The molecule has 0 aliphatic heterocycles. The van der Waals surface area contributed by atoms with Crippen LogP contribution in [-0.2, 0) is 11.2 Å². The van der Waals surface area contributed by atoms with E-state index in [-0.39, 0.29) is 0 Å². The molecule has 0 saturated carbocycles. The predicted molar refractivity (Wildman–Crippen MR) is 135 cm³/mol. The summed E-state index contributed by atoms with van der Waals surface area (Å²) in [6, 6.07) is 6.23. The molecule has 4 heteroatoms. The summed E-state index contributed by atoms with van der Waals surface area (Å²) in [4.78, 5) is 10.4. The summed E-state index contributed by atoms with van der Waals surface area (Å²) in [7, 11) is 0. The first-order chi connectivity index (χ1) is 15.1. The van der Waals surface area contributed by atoms with E-state index >= 15 is 0 Å². The Morgan fingerprint density at radius 2 is 1.29 bits per heavy atom. The highest BCUT2D eigenvalue weighted by Gasteiger charge is 2.02. The molecular weight excluding hydrogens is 384 g/mol. The molecule has 0 fully saturated rings. The van der Waals surface area contributed by atoms with E-state index in [2.05, 4.69) is 24.4 Å². The molecule has 1 aromatic carbocycles. The van der Waals surface area contributed by atoms with Crippen molar-refractivity contribution in [2.24, 2.45) is 0 Å². The molecule has 0 aliphatic rings. The molecule has 0 spiro atoms. The molecule has 0 aromatic heterocycles. The first-order valence-electron chi connectivity index (χ1n) is 13.0. The van der Waals surface area contributed by atoms with E-state index in [4.69, 9.17) is 10.8 Å². The Kier molecular flexibility index (Phi) is 16.8. The van der Waals surface area contributed by atoms with Crippen LogP contribution >= 0.6 is 0 Å². The van der Waals surface area contributed by atoms with Gasteiger partial charge in [-0.3, -0.25) is 4.79 Å². The number of unbranched alkanes of at least 4 members (excludes halogenated alkanes) is 14. The zero-order valence-corrected chi connectivity index (χ0v) is 20.1. The number of nitrogen functional groups attached to an aromatic ring is 1. The lowest BCUT2D eigenvalue weighted by Crippen LogP contribution is -2.05. The van der Waals surface area contributed by atoms with Gasteiger partial charge in [-0.25, -0.2) is 0 Å². The van der Waals surface area contributed by atoms with Crippen LogP contribution in [0.25, 0.3) is 0 Å². The standard InChI is InChI=1S/C27H48N2O2/c1-2-18-24-23-25(28)20-21-26(24)29-22-17-15-13-11-9-7-5-3-4-6-8-10-12-14-16-19-27(30)31/h20-21,23,29H,2-19,22,28H2,1H3,(H,30,31). The van der Waals surface area contributed by atoms with Gasteiger partial charge in [0.1, 0.15) is 0 Å². The second-order valence-corrected chi connectivity index (χ2v) is 9.04. The van der Waals surface area contributed by atoms with Gasteiger partial charge in [-0.05, 0) is 43.0 Å². The molecule has 31 heavy (non-hydrogen) atoms. The van der Waals surface area contributed by atoms with Crippen LogP contribution in [0, 0.1) is 0 Å². The topological polar surface area (TPSA) is 75.3 Å². The Balaban J connectivity index is 1.84. The second kappa shape index (κ2) is 19.0. The number of carboxylic acid groups (broad SMARTS) is 1. The maximum absolute atomic E-state index is 10.4. The van der Waals surface area contributed by atoms with Crippen molar-refractivity contribution in [1.29, 1.82) is 0 Å². The molecule has 0 bridgehead atoms. The van der Waals surface area contributed by atoms with Gasteiger partial charge >= 0.3 is 5.97 Å². The molecule has 0 amide bonds. The summed E-state index contributed by atoms with van der Waals surface area (Å²) < 4.78 is 0. The number of benzene rings is 1. The number of hydrogen-bond acceptors (Lipinski definition) is 3. The maximum Gasteiger partial charge on any atom is 0.303 e. The Labute approximate surface area is 191 Å². The summed E-state index contributed by atoms with van der Waals surface area (Å²) in [5, 5.41) is 12.2. The van der Waals surface area contributed by atoms with Crippen molar-refractivity contribution in [1.82, 2.24) is 0 Å². The molecule has 0 heterocycles. The fourth-order valence-corrected chi connectivity index (χ4v) is 4.18. The van der Waals surface area contributed by atoms with Crippen molar-refractivity contribution in [2.45, 2.75) is 122 Å². The van der Waals surface area contributed by atoms with Crippen LogP contribution in [0.2, 0.25) is 0 Å². The number of carbonyl (C=O) groups is 1. The summed E-state index contributed by atoms with van der Waals surface area (Å²) in [5.74, 6) is -0.660. The molecule has 178 valence electrons. The molecule has 0 saturated heterocycles. The number of nitrogens with two attached hydrogens (primary N) is 1. The number of anilines is 2. The second-order valence-electron chi connectivity index (χ2n) is 9.04. The summed E-state index contributed by atoms with van der Waals surface area (Å²) in [6.45, 7) is 3.27. The van der Waals surface area contributed by atoms with Crippen LogP contribution in [0.3, 0.4) is 0 Å². The van der Waals surface area contributed by atoms with Crippen LogP contribution in [0.1, 0.15) is 122 Å². The third-order valence-corrected chi connectivity index (χ3v) is 6.03. The number of carboxylic acids is 1. The molecule has 4 nitrogen and oxygen atoms in total. The van der Waals surface area contributed by atoms with Gasteiger partial charge in [0.05, 0.1) is 0 Å². The largest absolute Gasteiger partial charge is 0.481 e. The number of aryl methyl sites for hydroxylation is 1. The fourth-order valence-electron chi connectivity index (χ4n) is 4.18. The van der Waals surface area contributed by atoms with Crippen LogP contribution in [-0.4, -0.2) is 17.6 Å². The first kappa shape index (κ1) is 27.3. The Bertz CT molecular complexity index is 574. The van der Waals surface area contributed by atoms with E-state index in [0.29, 0.717) is 6.42 Å². The molecule has 1 aromatic rings. The van der Waals surface area contributed by atoms with Crippen molar-refractivity contribution in [3.8, 4) is 0 Å². The van der Waals surface area contributed by atoms with Crippen LogP contribution in [0.4, 0.5) is 11.4 Å². The minimum Gasteiger partial charge on any atom is -0.481 e. The van der Waals surface area contributed by atoms with Gasteiger partial charge < -0.3 is 16.2 Å². The van der Waals surface area contributed by atoms with Crippen molar-refractivity contribution in [3.05, 3.63) is 23.8 Å². The summed E-state index contributed by atoms with van der Waals surface area (Å²) in [6.07, 6.45) is 21.8. The predicted octanol–water partition coefficient (Wildman–Crippen LogP) is 7.96. The normalized spacial score (nSPS) is 11.0. The molecule has 0 aliphatic carbocycles. The van der Waals surface area contributed by atoms with E-state index in [9.17, 15) is 4.79 Å². The SMILES string of the molecule is CCCc1cc(N)ccc1NCCCCCCCCCCCCCCCCCC(=O)O. The fraction of sp³-hybridized carbons (Fsp3) is 0.741. The van der Waals surface area contributed by atoms with Gasteiger partial charge in [0, 0.05) is 24.3 Å². The summed E-state index contributed by atoms with van der Waals surface area (Å²) in [5.41, 5.74) is 9.38. The van der Waals surface area contributed by atoms with Crippen LogP contribution in [0.5, 0.6) is 0 Å². The van der Waals surface area contributed by atoms with Crippen molar-refractivity contribution in [3.63, 3.8) is 0 Å². The van der Waals surface area contributed by atoms with E-state index in [1.807, 2.05) is 6.07 Å². The van der Waals surface area contributed by atoms with Gasteiger partial charge in [0.15, 0.2) is 0 Å². The van der Waals surface area contributed by atoms with E-state index < -0.39 is 5.97 Å². The van der Waals surface area contributed by atoms with Gasteiger partial charge in [-0.15, -0.1) is 0 Å².